The van der Waals surface area contributed by atoms with Crippen molar-refractivity contribution in [2.75, 3.05) is 0 Å². The molecule has 1 heterocycles. The van der Waals surface area contributed by atoms with Crippen LogP contribution >= 0.6 is 0 Å². The molecule has 1 aliphatic rings. The summed E-state index contributed by atoms with van der Waals surface area (Å²) in [4.78, 5) is 25.7. The zero-order valence-electron chi connectivity index (χ0n) is 16.2. The van der Waals surface area contributed by atoms with Gasteiger partial charge in [-0.2, -0.15) is 0 Å². The first-order valence-corrected chi connectivity index (χ1v) is 9.80. The van der Waals surface area contributed by atoms with Crippen molar-refractivity contribution in [1.82, 2.24) is 9.90 Å². The Morgan fingerprint density at radius 3 is 2.07 bits per heavy atom. The third-order valence-electron chi connectivity index (χ3n) is 5.12. The molecule has 0 spiro atoms. The summed E-state index contributed by atoms with van der Waals surface area (Å²) < 4.78 is 3.28. The SMILES string of the molecule is CCCCCCCCCCn1n[n+](C)c2c1C(=O)c1ccccc1C2=O.[Cl-]. The number of nitrogens with zero attached hydrogens (tertiary/aromatic N) is 3. The van der Waals surface area contributed by atoms with E-state index < -0.39 is 0 Å². The summed E-state index contributed by atoms with van der Waals surface area (Å²) >= 11 is 0. The molecule has 0 aliphatic heterocycles. The number of hydrogen-bond acceptors (Lipinski definition) is 3. The highest BCUT2D eigenvalue weighted by molar-refractivity contribution is 6.26. The number of fused-ring (bicyclic) bond motifs is 2. The Bertz CT molecular complexity index is 814. The molecule has 5 nitrogen and oxygen atoms in total. The number of ketones is 2. The first kappa shape index (κ1) is 21.3. The molecule has 0 saturated heterocycles. The van der Waals surface area contributed by atoms with E-state index in [0.717, 1.165) is 12.8 Å². The van der Waals surface area contributed by atoms with E-state index in [2.05, 4.69) is 12.1 Å². The van der Waals surface area contributed by atoms with Crippen LogP contribution in [0, 0.1) is 0 Å². The van der Waals surface area contributed by atoms with Gasteiger partial charge in [0.1, 0.15) is 13.6 Å². The summed E-state index contributed by atoms with van der Waals surface area (Å²) in [5, 5.41) is 4.43. The number of rotatable bonds is 9. The summed E-state index contributed by atoms with van der Waals surface area (Å²) in [6, 6.07) is 7.04. The lowest BCUT2D eigenvalue weighted by Gasteiger charge is -2.11. The molecular formula is C21H28ClN3O2. The summed E-state index contributed by atoms with van der Waals surface area (Å²) in [6.07, 6.45) is 9.84. The second-order valence-electron chi connectivity index (χ2n) is 7.11. The predicted octanol–water partition coefficient (Wildman–Crippen LogP) is 0.628. The summed E-state index contributed by atoms with van der Waals surface area (Å²) in [7, 11) is 1.74. The van der Waals surface area contributed by atoms with Gasteiger partial charge in [0.15, 0.2) is 0 Å². The number of carbonyl (C=O) groups excluding carboxylic acids is 2. The molecule has 146 valence electrons. The van der Waals surface area contributed by atoms with Crippen molar-refractivity contribution in [3.63, 3.8) is 0 Å². The highest BCUT2D eigenvalue weighted by Gasteiger charge is 2.41. The number of aromatic nitrogens is 3. The minimum Gasteiger partial charge on any atom is -1.00 e. The molecule has 0 unspecified atom stereocenters. The Morgan fingerprint density at radius 2 is 1.44 bits per heavy atom. The quantitative estimate of drug-likeness (QED) is 0.398. The van der Waals surface area contributed by atoms with Gasteiger partial charge in [-0.05, 0) is 12.8 Å². The molecule has 0 fully saturated rings. The van der Waals surface area contributed by atoms with Gasteiger partial charge in [0.25, 0.3) is 0 Å². The van der Waals surface area contributed by atoms with E-state index in [1.807, 2.05) is 0 Å². The monoisotopic (exact) mass is 389 g/mol. The van der Waals surface area contributed by atoms with Crippen LogP contribution in [0.25, 0.3) is 0 Å². The maximum Gasteiger partial charge on any atom is 0.249 e. The molecule has 0 N–H and O–H groups in total. The minimum absolute atomic E-state index is 0. The van der Waals surface area contributed by atoms with E-state index in [1.54, 1.807) is 40.7 Å². The Morgan fingerprint density at radius 1 is 0.889 bits per heavy atom. The van der Waals surface area contributed by atoms with Crippen LogP contribution < -0.4 is 17.1 Å². The lowest BCUT2D eigenvalue weighted by Crippen LogP contribution is -3.00. The topological polar surface area (TPSA) is 55.8 Å². The van der Waals surface area contributed by atoms with E-state index in [9.17, 15) is 9.59 Å². The van der Waals surface area contributed by atoms with Crippen LogP contribution in [0.4, 0.5) is 0 Å². The molecule has 0 saturated carbocycles. The summed E-state index contributed by atoms with van der Waals surface area (Å²) in [5.41, 5.74) is 1.82. The maximum absolute atomic E-state index is 12.9. The molecule has 0 amide bonds. The Hall–Kier alpha value is -2.01. The summed E-state index contributed by atoms with van der Waals surface area (Å²) in [6.45, 7) is 2.91. The minimum atomic E-state index is -0.111. The van der Waals surface area contributed by atoms with Gasteiger partial charge < -0.3 is 12.4 Å². The van der Waals surface area contributed by atoms with Gasteiger partial charge in [0.2, 0.25) is 23.0 Å². The van der Waals surface area contributed by atoms with E-state index in [-0.39, 0.29) is 24.0 Å². The standard InChI is InChI=1S/C21H28N3O2.ClH/c1-3-4-5-6-7-8-9-12-15-24-19-18(23(2)22-24)20(25)16-13-10-11-14-17(16)21(19)26;/h10-11,13-14H,3-9,12,15H2,1-2H3;1H/q+1;/p-1. The first-order chi connectivity index (χ1) is 12.6. The van der Waals surface area contributed by atoms with Crippen molar-refractivity contribution in [2.45, 2.75) is 64.8 Å². The fraction of sp³-hybridized carbons (Fsp3) is 0.524. The molecule has 1 aliphatic carbocycles. The number of unbranched alkanes of at least 4 members (excludes halogenated alkanes) is 7. The van der Waals surface area contributed by atoms with Crippen molar-refractivity contribution in [1.29, 1.82) is 0 Å². The average molecular weight is 390 g/mol. The molecule has 3 rings (SSSR count). The fourth-order valence-corrected chi connectivity index (χ4v) is 3.69. The van der Waals surface area contributed by atoms with Gasteiger partial charge in [-0.1, -0.05) is 69.7 Å². The van der Waals surface area contributed by atoms with E-state index >= 15 is 0 Å². The second-order valence-corrected chi connectivity index (χ2v) is 7.11. The highest BCUT2D eigenvalue weighted by Crippen LogP contribution is 2.25. The molecule has 6 heteroatoms. The van der Waals surface area contributed by atoms with E-state index in [0.29, 0.717) is 29.1 Å². The lowest BCUT2D eigenvalue weighted by atomic mass is 9.90. The third kappa shape index (κ3) is 4.46. The molecule has 1 aromatic heterocycles. The number of carbonyl (C=O) groups is 2. The largest absolute Gasteiger partial charge is 1.00 e. The van der Waals surface area contributed by atoms with Gasteiger partial charge >= 0.3 is 0 Å². The Labute approximate surface area is 167 Å². The fourth-order valence-electron chi connectivity index (χ4n) is 3.69. The van der Waals surface area contributed by atoms with Crippen LogP contribution in [0.1, 0.15) is 90.4 Å². The molecular weight excluding hydrogens is 362 g/mol. The van der Waals surface area contributed by atoms with Crippen molar-refractivity contribution in [2.24, 2.45) is 7.05 Å². The first-order valence-electron chi connectivity index (χ1n) is 9.80. The van der Waals surface area contributed by atoms with Crippen LogP contribution in [-0.2, 0) is 13.6 Å². The van der Waals surface area contributed by atoms with Crippen molar-refractivity contribution in [3.05, 3.63) is 46.8 Å². The van der Waals surface area contributed by atoms with Gasteiger partial charge in [0, 0.05) is 11.1 Å². The van der Waals surface area contributed by atoms with Crippen molar-refractivity contribution >= 4 is 11.6 Å². The average Bonchev–Trinajstić information content (AvgIpc) is 2.98. The Balaban J connectivity index is 0.00000261. The molecule has 0 bridgehead atoms. The van der Waals surface area contributed by atoms with Crippen LogP contribution in [0.3, 0.4) is 0 Å². The number of halogens is 1. The zero-order chi connectivity index (χ0) is 18.5. The molecule has 0 radical (unpaired) electrons. The highest BCUT2D eigenvalue weighted by atomic mass is 35.5. The third-order valence-corrected chi connectivity index (χ3v) is 5.12. The number of hydrogen-bond donors (Lipinski definition) is 0. The van der Waals surface area contributed by atoms with Crippen LogP contribution in [0.2, 0.25) is 0 Å². The smallest absolute Gasteiger partial charge is 0.249 e. The summed E-state index contributed by atoms with van der Waals surface area (Å²) in [5.74, 6) is -0.206. The van der Waals surface area contributed by atoms with E-state index in [1.165, 1.54) is 38.5 Å². The van der Waals surface area contributed by atoms with Crippen LogP contribution in [0.5, 0.6) is 0 Å². The number of benzene rings is 1. The Kier molecular flexibility index (Phi) is 7.72. The lowest BCUT2D eigenvalue weighted by molar-refractivity contribution is -0.733. The zero-order valence-corrected chi connectivity index (χ0v) is 17.0. The van der Waals surface area contributed by atoms with Crippen molar-refractivity contribution < 1.29 is 26.7 Å². The molecule has 0 atom stereocenters. The van der Waals surface area contributed by atoms with Gasteiger partial charge in [-0.25, -0.2) is 0 Å². The molecule has 2 aromatic rings. The van der Waals surface area contributed by atoms with Gasteiger partial charge in [-0.15, -0.1) is 9.36 Å². The maximum atomic E-state index is 12.9. The van der Waals surface area contributed by atoms with Crippen molar-refractivity contribution in [3.8, 4) is 0 Å². The normalized spacial score (nSPS) is 12.5. The molecule has 1 aromatic carbocycles. The van der Waals surface area contributed by atoms with Gasteiger partial charge in [-0.3, -0.25) is 9.59 Å². The molecule has 27 heavy (non-hydrogen) atoms. The van der Waals surface area contributed by atoms with Crippen LogP contribution in [0.15, 0.2) is 24.3 Å². The van der Waals surface area contributed by atoms with Gasteiger partial charge in [0.05, 0.1) is 5.21 Å². The number of aryl methyl sites for hydroxylation is 2. The van der Waals surface area contributed by atoms with E-state index in [4.69, 9.17) is 0 Å². The predicted molar refractivity (Wildman–Crippen MR) is 99.3 cm³/mol. The second kappa shape index (κ2) is 9.79. The van der Waals surface area contributed by atoms with Crippen LogP contribution in [-0.4, -0.2) is 21.5 Å².